The number of halogens is 2. The van der Waals surface area contributed by atoms with Gasteiger partial charge in [-0.05, 0) is 24.3 Å². The van der Waals surface area contributed by atoms with Gasteiger partial charge in [-0.15, -0.1) is 0 Å². The number of nitrogens with one attached hydrogen (secondary N) is 1. The van der Waals surface area contributed by atoms with E-state index in [0.29, 0.717) is 21.2 Å². The molecule has 0 bridgehead atoms. The van der Waals surface area contributed by atoms with E-state index in [1.807, 2.05) is 0 Å². The maximum Gasteiger partial charge on any atom is 0.329 e. The van der Waals surface area contributed by atoms with Crippen LogP contribution < -0.4 is 5.43 Å². The smallest absolute Gasteiger partial charge is 0.328 e. The van der Waals surface area contributed by atoms with E-state index in [9.17, 15) is 14.9 Å². The Morgan fingerprint density at radius 2 is 1.85 bits per heavy atom. The lowest BCUT2D eigenvalue weighted by atomic mass is 10.2. The highest BCUT2D eigenvalue weighted by Gasteiger charge is 2.16. The summed E-state index contributed by atoms with van der Waals surface area (Å²) in [4.78, 5) is 26.1. The zero-order valence-electron chi connectivity index (χ0n) is 13.3. The highest BCUT2D eigenvalue weighted by molar-refractivity contribution is 6.38. The molecule has 0 saturated carbocycles. The van der Waals surface area contributed by atoms with Crippen LogP contribution in [0.25, 0.3) is 11.4 Å². The number of carbonyl (C=O) groups is 1. The first kappa shape index (κ1) is 18.5. The van der Waals surface area contributed by atoms with E-state index >= 15 is 0 Å². The quantitative estimate of drug-likeness (QED) is 0.391. The van der Waals surface area contributed by atoms with Gasteiger partial charge < -0.3 is 4.52 Å². The SMILES string of the molecule is O=C(NN=Cc1c(Cl)cccc1Cl)c1nc(-c2ccc([N+](=O)[O-])cc2)no1. The molecule has 1 amide bonds. The normalized spacial score (nSPS) is 10.9. The number of hydrogen-bond donors (Lipinski definition) is 1. The first-order valence-corrected chi connectivity index (χ1v) is 8.07. The number of nitro groups is 1. The number of rotatable bonds is 5. The summed E-state index contributed by atoms with van der Waals surface area (Å²) >= 11 is 12.0. The molecule has 0 spiro atoms. The molecule has 1 aromatic heterocycles. The first-order valence-electron chi connectivity index (χ1n) is 7.31. The zero-order valence-corrected chi connectivity index (χ0v) is 14.8. The standard InChI is InChI=1S/C16H9Cl2N5O4/c17-12-2-1-3-13(18)11(12)8-19-21-15(24)16-20-14(22-27-16)9-4-6-10(7-5-9)23(25)26/h1-8H,(H,21,24). The van der Waals surface area contributed by atoms with Crippen molar-refractivity contribution in [2.75, 3.05) is 0 Å². The summed E-state index contributed by atoms with van der Waals surface area (Å²) in [6.07, 6.45) is 1.29. The highest BCUT2D eigenvalue weighted by atomic mass is 35.5. The molecule has 11 heteroatoms. The van der Waals surface area contributed by atoms with E-state index in [1.54, 1.807) is 18.2 Å². The Morgan fingerprint density at radius 3 is 2.48 bits per heavy atom. The number of non-ortho nitro benzene ring substituents is 1. The maximum absolute atomic E-state index is 12.0. The molecule has 0 saturated heterocycles. The van der Waals surface area contributed by atoms with Crippen LogP contribution in [0, 0.1) is 10.1 Å². The van der Waals surface area contributed by atoms with E-state index in [1.165, 1.54) is 30.5 Å². The van der Waals surface area contributed by atoms with Gasteiger partial charge in [0.2, 0.25) is 5.82 Å². The number of carbonyl (C=O) groups excluding carboxylic acids is 1. The lowest BCUT2D eigenvalue weighted by Crippen LogP contribution is -2.18. The van der Waals surface area contributed by atoms with Crippen molar-refractivity contribution in [1.29, 1.82) is 0 Å². The Hall–Kier alpha value is -3.30. The second kappa shape index (κ2) is 7.94. The molecule has 0 radical (unpaired) electrons. The van der Waals surface area contributed by atoms with Crippen LogP contribution in [-0.2, 0) is 0 Å². The molecular formula is C16H9Cl2N5O4. The molecule has 1 N–H and O–H groups in total. The van der Waals surface area contributed by atoms with Crippen molar-refractivity contribution in [3.63, 3.8) is 0 Å². The third-order valence-electron chi connectivity index (χ3n) is 3.32. The van der Waals surface area contributed by atoms with Gasteiger partial charge in [-0.1, -0.05) is 34.4 Å². The van der Waals surface area contributed by atoms with Crippen molar-refractivity contribution in [3.05, 3.63) is 74.1 Å². The Labute approximate surface area is 161 Å². The van der Waals surface area contributed by atoms with Gasteiger partial charge in [0.25, 0.3) is 5.69 Å². The van der Waals surface area contributed by atoms with E-state index in [2.05, 4.69) is 20.7 Å². The summed E-state index contributed by atoms with van der Waals surface area (Å²) < 4.78 is 4.88. The van der Waals surface area contributed by atoms with Gasteiger partial charge in [0.15, 0.2) is 0 Å². The third kappa shape index (κ3) is 4.27. The fourth-order valence-electron chi connectivity index (χ4n) is 2.00. The van der Waals surface area contributed by atoms with Gasteiger partial charge in [-0.2, -0.15) is 10.1 Å². The van der Waals surface area contributed by atoms with Gasteiger partial charge in [0, 0.05) is 23.3 Å². The molecule has 27 heavy (non-hydrogen) atoms. The average Bonchev–Trinajstić information content (AvgIpc) is 3.14. The summed E-state index contributed by atoms with van der Waals surface area (Å²) in [6, 6.07) is 10.4. The maximum atomic E-state index is 12.0. The molecule has 0 aliphatic rings. The number of aromatic nitrogens is 2. The summed E-state index contributed by atoms with van der Waals surface area (Å²) in [5.74, 6) is -0.964. The number of amides is 1. The molecule has 2 aromatic carbocycles. The van der Waals surface area contributed by atoms with Crippen LogP contribution >= 0.6 is 23.2 Å². The van der Waals surface area contributed by atoms with Crippen molar-refractivity contribution >= 4 is 41.0 Å². The topological polar surface area (TPSA) is 124 Å². The number of nitrogens with zero attached hydrogens (tertiary/aromatic N) is 4. The lowest BCUT2D eigenvalue weighted by molar-refractivity contribution is -0.384. The molecule has 0 aliphatic carbocycles. The monoisotopic (exact) mass is 405 g/mol. The van der Waals surface area contributed by atoms with Crippen molar-refractivity contribution in [2.45, 2.75) is 0 Å². The minimum absolute atomic E-state index is 0.0761. The number of hydrogen-bond acceptors (Lipinski definition) is 7. The highest BCUT2D eigenvalue weighted by Crippen LogP contribution is 2.22. The lowest BCUT2D eigenvalue weighted by Gasteiger charge is -2.00. The Balaban J connectivity index is 1.70. The van der Waals surface area contributed by atoms with Crippen LogP contribution in [0.2, 0.25) is 10.0 Å². The van der Waals surface area contributed by atoms with Crippen LogP contribution in [0.15, 0.2) is 52.1 Å². The second-order valence-electron chi connectivity index (χ2n) is 5.06. The molecule has 0 fully saturated rings. The molecule has 136 valence electrons. The number of hydrazone groups is 1. The number of nitro benzene ring substituents is 1. The Morgan fingerprint density at radius 1 is 1.19 bits per heavy atom. The van der Waals surface area contributed by atoms with Gasteiger partial charge in [-0.3, -0.25) is 14.9 Å². The largest absolute Gasteiger partial charge is 0.329 e. The van der Waals surface area contributed by atoms with Gasteiger partial charge in [0.1, 0.15) is 0 Å². The molecule has 0 aliphatic heterocycles. The predicted molar refractivity (Wildman–Crippen MR) is 97.9 cm³/mol. The van der Waals surface area contributed by atoms with Crippen molar-refractivity contribution in [3.8, 4) is 11.4 Å². The summed E-state index contributed by atoms with van der Waals surface area (Å²) in [5, 5.41) is 18.8. The van der Waals surface area contributed by atoms with Crippen molar-refractivity contribution in [2.24, 2.45) is 5.10 Å². The van der Waals surface area contributed by atoms with Crippen LogP contribution in [0.3, 0.4) is 0 Å². The summed E-state index contributed by atoms with van der Waals surface area (Å²) in [6.45, 7) is 0. The van der Waals surface area contributed by atoms with Crippen molar-refractivity contribution < 1.29 is 14.2 Å². The van der Waals surface area contributed by atoms with E-state index in [-0.39, 0.29) is 17.4 Å². The Kier molecular flexibility index (Phi) is 5.43. The van der Waals surface area contributed by atoms with E-state index in [4.69, 9.17) is 27.7 Å². The second-order valence-corrected chi connectivity index (χ2v) is 5.88. The van der Waals surface area contributed by atoms with E-state index in [0.717, 1.165) is 0 Å². The van der Waals surface area contributed by atoms with Crippen LogP contribution in [0.4, 0.5) is 5.69 Å². The van der Waals surface area contributed by atoms with E-state index < -0.39 is 10.8 Å². The molecule has 0 atom stereocenters. The summed E-state index contributed by atoms with van der Waals surface area (Å²) in [5.41, 5.74) is 3.04. The molecule has 3 rings (SSSR count). The van der Waals surface area contributed by atoms with Gasteiger partial charge in [0.05, 0.1) is 21.2 Å². The molecule has 0 unspecified atom stereocenters. The van der Waals surface area contributed by atoms with Crippen LogP contribution in [-0.4, -0.2) is 27.2 Å². The minimum atomic E-state index is -0.741. The van der Waals surface area contributed by atoms with Crippen LogP contribution in [0.5, 0.6) is 0 Å². The van der Waals surface area contributed by atoms with Gasteiger partial charge >= 0.3 is 11.8 Å². The molecule has 1 heterocycles. The molecular weight excluding hydrogens is 397 g/mol. The number of benzene rings is 2. The van der Waals surface area contributed by atoms with Gasteiger partial charge in [-0.25, -0.2) is 5.43 Å². The molecule has 3 aromatic rings. The van der Waals surface area contributed by atoms with Crippen molar-refractivity contribution in [1.82, 2.24) is 15.6 Å². The predicted octanol–water partition coefficient (Wildman–Crippen LogP) is 3.72. The fraction of sp³-hybridized carbons (Fsp3) is 0. The fourth-order valence-corrected chi connectivity index (χ4v) is 2.50. The Bertz CT molecular complexity index is 1010. The third-order valence-corrected chi connectivity index (χ3v) is 3.98. The average molecular weight is 406 g/mol. The summed E-state index contributed by atoms with van der Waals surface area (Å²) in [7, 11) is 0. The first-order chi connectivity index (χ1) is 13.0. The zero-order chi connectivity index (χ0) is 19.4. The van der Waals surface area contributed by atoms with Crippen LogP contribution in [0.1, 0.15) is 16.2 Å². The molecule has 9 nitrogen and oxygen atoms in total. The minimum Gasteiger partial charge on any atom is -0.328 e.